The van der Waals surface area contributed by atoms with Gasteiger partial charge in [-0.1, -0.05) is 12.8 Å². The molecule has 0 spiro atoms. The molecule has 0 aromatic rings. The third-order valence-corrected chi connectivity index (χ3v) is 4.68. The van der Waals surface area contributed by atoms with E-state index in [9.17, 15) is 4.79 Å². The summed E-state index contributed by atoms with van der Waals surface area (Å²) in [6.07, 6.45) is 5.57. The van der Waals surface area contributed by atoms with Gasteiger partial charge in [0, 0.05) is 26.2 Å². The highest BCUT2D eigenvalue weighted by Crippen LogP contribution is 2.27. The van der Waals surface area contributed by atoms with Crippen LogP contribution in [0.15, 0.2) is 0 Å². The first-order valence-corrected chi connectivity index (χ1v) is 7.58. The fourth-order valence-electron chi connectivity index (χ4n) is 2.50. The van der Waals surface area contributed by atoms with E-state index in [2.05, 4.69) is 5.32 Å². The molecule has 0 bridgehead atoms. The first-order chi connectivity index (χ1) is 7.86. The van der Waals surface area contributed by atoms with Crippen LogP contribution in [0.4, 0.5) is 0 Å². The summed E-state index contributed by atoms with van der Waals surface area (Å²) in [5.74, 6) is 3.11. The molecule has 1 saturated carbocycles. The van der Waals surface area contributed by atoms with E-state index in [4.69, 9.17) is 0 Å². The number of nitrogens with one attached hydrogen (secondary N) is 1. The van der Waals surface area contributed by atoms with Gasteiger partial charge in [0.1, 0.15) is 0 Å². The number of hydrogen-bond acceptors (Lipinski definition) is 3. The third kappa shape index (κ3) is 3.67. The van der Waals surface area contributed by atoms with E-state index in [-0.39, 0.29) is 0 Å². The summed E-state index contributed by atoms with van der Waals surface area (Å²) < 4.78 is 0. The summed E-state index contributed by atoms with van der Waals surface area (Å²) in [5.41, 5.74) is 0. The summed E-state index contributed by atoms with van der Waals surface area (Å²) in [6, 6.07) is 0. The van der Waals surface area contributed by atoms with Gasteiger partial charge in [0.2, 0.25) is 5.91 Å². The largest absolute Gasteiger partial charge is 0.339 e. The summed E-state index contributed by atoms with van der Waals surface area (Å²) in [7, 11) is 0. The lowest BCUT2D eigenvalue weighted by Crippen LogP contribution is -2.47. The molecule has 1 heterocycles. The summed E-state index contributed by atoms with van der Waals surface area (Å²) in [5, 5.41) is 3.27. The normalized spacial score (nSPS) is 22.6. The van der Waals surface area contributed by atoms with E-state index in [1.807, 2.05) is 16.7 Å². The van der Waals surface area contributed by atoms with Crippen molar-refractivity contribution in [2.75, 3.05) is 37.7 Å². The molecule has 0 unspecified atom stereocenters. The summed E-state index contributed by atoms with van der Waals surface area (Å²) >= 11 is 1.84. The number of nitrogens with zero attached hydrogens (tertiary/aromatic N) is 1. The van der Waals surface area contributed by atoms with Crippen LogP contribution in [0.5, 0.6) is 0 Å². The Morgan fingerprint density at radius 2 is 1.94 bits per heavy atom. The van der Waals surface area contributed by atoms with Gasteiger partial charge >= 0.3 is 0 Å². The van der Waals surface area contributed by atoms with Crippen LogP contribution in [0.1, 0.15) is 25.7 Å². The molecule has 0 atom stereocenters. The van der Waals surface area contributed by atoms with Gasteiger partial charge in [-0.3, -0.25) is 4.79 Å². The van der Waals surface area contributed by atoms with E-state index in [0.717, 1.165) is 32.1 Å². The van der Waals surface area contributed by atoms with Crippen LogP contribution in [-0.2, 0) is 4.79 Å². The molecule has 1 N–H and O–H groups in total. The molecule has 1 aliphatic heterocycles. The van der Waals surface area contributed by atoms with Crippen molar-refractivity contribution in [1.82, 2.24) is 10.2 Å². The second kappa shape index (κ2) is 6.50. The van der Waals surface area contributed by atoms with Crippen LogP contribution in [0, 0.1) is 5.92 Å². The molecule has 1 amide bonds. The smallest absolute Gasteiger partial charge is 0.232 e. The van der Waals surface area contributed by atoms with Gasteiger partial charge in [0.05, 0.1) is 5.75 Å². The Kier molecular flexibility index (Phi) is 4.97. The second-order valence-electron chi connectivity index (χ2n) is 4.80. The number of thioether (sulfide) groups is 1. The van der Waals surface area contributed by atoms with Gasteiger partial charge in [-0.25, -0.2) is 0 Å². The zero-order chi connectivity index (χ0) is 11.2. The van der Waals surface area contributed by atoms with Crippen LogP contribution in [0.25, 0.3) is 0 Å². The maximum Gasteiger partial charge on any atom is 0.232 e. The fourth-order valence-corrected chi connectivity index (χ4v) is 3.64. The van der Waals surface area contributed by atoms with Gasteiger partial charge in [0.25, 0.3) is 0 Å². The van der Waals surface area contributed by atoms with E-state index < -0.39 is 0 Å². The first kappa shape index (κ1) is 12.2. The Hall–Kier alpha value is -0.220. The van der Waals surface area contributed by atoms with Crippen LogP contribution in [0.2, 0.25) is 0 Å². The minimum absolute atomic E-state index is 0.337. The van der Waals surface area contributed by atoms with Crippen LogP contribution < -0.4 is 5.32 Å². The number of amides is 1. The lowest BCUT2D eigenvalue weighted by Gasteiger charge is -2.27. The lowest BCUT2D eigenvalue weighted by molar-refractivity contribution is -0.128. The molecular formula is C12H22N2OS. The Balaban J connectivity index is 1.59. The van der Waals surface area contributed by atoms with Gasteiger partial charge in [0.15, 0.2) is 0 Å². The van der Waals surface area contributed by atoms with Crippen molar-refractivity contribution in [3.05, 3.63) is 0 Å². The second-order valence-corrected chi connectivity index (χ2v) is 5.83. The third-order valence-electron chi connectivity index (χ3n) is 3.52. The Morgan fingerprint density at radius 3 is 2.62 bits per heavy atom. The molecule has 0 aromatic carbocycles. The minimum atomic E-state index is 0.337. The predicted molar refractivity (Wildman–Crippen MR) is 68.7 cm³/mol. The zero-order valence-corrected chi connectivity index (χ0v) is 10.7. The number of rotatable bonds is 4. The van der Waals surface area contributed by atoms with Gasteiger partial charge in [-0.15, -0.1) is 0 Å². The quantitative estimate of drug-likeness (QED) is 0.807. The zero-order valence-electron chi connectivity index (χ0n) is 9.91. The number of carbonyl (C=O) groups is 1. The first-order valence-electron chi connectivity index (χ1n) is 6.42. The van der Waals surface area contributed by atoms with Gasteiger partial charge < -0.3 is 10.2 Å². The molecule has 16 heavy (non-hydrogen) atoms. The molecular weight excluding hydrogens is 220 g/mol. The molecule has 0 aromatic heterocycles. The van der Waals surface area contributed by atoms with E-state index in [0.29, 0.717) is 11.7 Å². The molecule has 4 heteroatoms. The molecule has 1 aliphatic carbocycles. The average molecular weight is 242 g/mol. The van der Waals surface area contributed by atoms with Gasteiger partial charge in [-0.2, -0.15) is 11.8 Å². The number of hydrogen-bond donors (Lipinski definition) is 1. The Bertz CT molecular complexity index is 223. The Morgan fingerprint density at radius 1 is 1.25 bits per heavy atom. The van der Waals surface area contributed by atoms with Crippen molar-refractivity contribution in [1.29, 1.82) is 0 Å². The highest BCUT2D eigenvalue weighted by Gasteiger charge is 2.18. The predicted octanol–water partition coefficient (Wildman–Crippen LogP) is 1.34. The summed E-state index contributed by atoms with van der Waals surface area (Å²) in [4.78, 5) is 13.8. The molecule has 2 rings (SSSR count). The highest BCUT2D eigenvalue weighted by molar-refractivity contribution is 7.99. The monoisotopic (exact) mass is 242 g/mol. The minimum Gasteiger partial charge on any atom is -0.339 e. The maximum atomic E-state index is 11.8. The van der Waals surface area contributed by atoms with Crippen LogP contribution >= 0.6 is 11.8 Å². The van der Waals surface area contributed by atoms with Crippen molar-refractivity contribution in [2.24, 2.45) is 5.92 Å². The highest BCUT2D eigenvalue weighted by atomic mass is 32.2. The van der Waals surface area contributed by atoms with Crippen LogP contribution in [0.3, 0.4) is 0 Å². The van der Waals surface area contributed by atoms with Gasteiger partial charge in [-0.05, 0) is 24.5 Å². The molecule has 0 radical (unpaired) electrons. The molecule has 2 aliphatic rings. The van der Waals surface area contributed by atoms with E-state index >= 15 is 0 Å². The van der Waals surface area contributed by atoms with E-state index in [1.54, 1.807) is 0 Å². The Labute approximate surface area is 102 Å². The van der Waals surface area contributed by atoms with Crippen LogP contribution in [-0.4, -0.2) is 48.5 Å². The van der Waals surface area contributed by atoms with Crippen molar-refractivity contribution in [3.63, 3.8) is 0 Å². The standard InChI is InChI=1S/C12H22N2OS/c15-12(14-7-5-13-6-8-14)10-16-9-11-3-1-2-4-11/h11,13H,1-10H2. The molecule has 3 nitrogen and oxygen atoms in total. The van der Waals surface area contributed by atoms with Crippen molar-refractivity contribution >= 4 is 17.7 Å². The SMILES string of the molecule is O=C(CSCC1CCCC1)N1CCNCC1. The van der Waals surface area contributed by atoms with E-state index in [1.165, 1.54) is 31.4 Å². The lowest BCUT2D eigenvalue weighted by atomic mass is 10.1. The summed E-state index contributed by atoms with van der Waals surface area (Å²) in [6.45, 7) is 3.70. The maximum absolute atomic E-state index is 11.8. The molecule has 2 fully saturated rings. The van der Waals surface area contributed by atoms with Crippen molar-refractivity contribution < 1.29 is 4.79 Å². The number of piperazine rings is 1. The molecule has 92 valence electrons. The molecule has 1 saturated heterocycles. The fraction of sp³-hybridized carbons (Fsp3) is 0.917. The topological polar surface area (TPSA) is 32.3 Å². The average Bonchev–Trinajstić information content (AvgIpc) is 2.83. The van der Waals surface area contributed by atoms with Crippen molar-refractivity contribution in [2.45, 2.75) is 25.7 Å². The van der Waals surface area contributed by atoms with Crippen molar-refractivity contribution in [3.8, 4) is 0 Å². The number of carbonyl (C=O) groups excluding carboxylic acids is 1.